The van der Waals surface area contributed by atoms with Crippen LogP contribution in [0.1, 0.15) is 48.4 Å². The fourth-order valence-electron chi connectivity index (χ4n) is 4.23. The Morgan fingerprint density at radius 1 is 1.28 bits per heavy atom. The fraction of sp³-hybridized carbons (Fsp3) is 0.429. The van der Waals surface area contributed by atoms with Crippen molar-refractivity contribution in [2.45, 2.75) is 37.8 Å². The molecule has 0 saturated carbocycles. The summed E-state index contributed by atoms with van der Waals surface area (Å²) < 4.78 is 13.4. The van der Waals surface area contributed by atoms with Gasteiger partial charge in [0.1, 0.15) is 6.17 Å². The molecular weight excluding hydrogens is 313 g/mol. The molecular formula is C21H24FN3. The van der Waals surface area contributed by atoms with Crippen LogP contribution in [0.2, 0.25) is 0 Å². The van der Waals surface area contributed by atoms with E-state index in [0.29, 0.717) is 18.9 Å². The van der Waals surface area contributed by atoms with Crippen LogP contribution in [0.3, 0.4) is 0 Å². The molecule has 25 heavy (non-hydrogen) atoms. The molecule has 2 aliphatic rings. The number of alkyl halides is 1. The normalized spacial score (nSPS) is 24.2. The average molecular weight is 337 g/mol. The van der Waals surface area contributed by atoms with E-state index < -0.39 is 6.17 Å². The first kappa shape index (κ1) is 16.4. The minimum atomic E-state index is -0.649. The zero-order valence-electron chi connectivity index (χ0n) is 14.6. The average Bonchev–Trinajstić information content (AvgIpc) is 3.23. The van der Waals surface area contributed by atoms with E-state index in [0.717, 1.165) is 25.2 Å². The highest BCUT2D eigenvalue weighted by atomic mass is 19.1. The second-order valence-electron chi connectivity index (χ2n) is 7.18. The Hall–Kier alpha value is -2.07. The number of halogens is 1. The van der Waals surface area contributed by atoms with Crippen LogP contribution in [0.4, 0.5) is 4.39 Å². The number of likely N-dealkylation sites (tertiary alicyclic amines) is 1. The lowest BCUT2D eigenvalue weighted by Gasteiger charge is -2.25. The number of hydrogen-bond donors (Lipinski definition) is 0. The number of aromatic nitrogens is 2. The molecule has 1 aliphatic heterocycles. The molecule has 1 aromatic carbocycles. The third-order valence-corrected chi connectivity index (χ3v) is 5.55. The Balaban J connectivity index is 1.56. The molecule has 3 atom stereocenters. The number of rotatable bonds is 5. The van der Waals surface area contributed by atoms with E-state index in [1.165, 1.54) is 16.7 Å². The molecule has 0 spiro atoms. The van der Waals surface area contributed by atoms with Gasteiger partial charge < -0.3 is 4.90 Å². The molecule has 1 saturated heterocycles. The number of nitrogens with zero attached hydrogens (tertiary/aromatic N) is 3. The molecule has 3 unspecified atom stereocenters. The second-order valence-corrected chi connectivity index (χ2v) is 7.18. The topological polar surface area (TPSA) is 29.0 Å². The highest BCUT2D eigenvalue weighted by Crippen LogP contribution is 2.45. The predicted octanol–water partition coefficient (Wildman–Crippen LogP) is 4.19. The molecule has 2 heterocycles. The minimum Gasteiger partial charge on any atom is -0.300 e. The smallest absolute Gasteiger partial charge is 0.114 e. The van der Waals surface area contributed by atoms with E-state index in [-0.39, 0.29) is 5.92 Å². The summed E-state index contributed by atoms with van der Waals surface area (Å²) in [6.45, 7) is 4.64. The Labute approximate surface area is 148 Å². The van der Waals surface area contributed by atoms with Crippen molar-refractivity contribution in [2.75, 3.05) is 19.6 Å². The highest BCUT2D eigenvalue weighted by Gasteiger charge is 2.32. The summed E-state index contributed by atoms with van der Waals surface area (Å²) in [6.07, 6.45) is 8.70. The molecule has 1 aliphatic carbocycles. The Bertz CT molecular complexity index is 759. The molecule has 0 amide bonds. The lowest BCUT2D eigenvalue weighted by atomic mass is 9.81. The van der Waals surface area contributed by atoms with E-state index >= 15 is 0 Å². The van der Waals surface area contributed by atoms with Crippen LogP contribution in [0.5, 0.6) is 0 Å². The van der Waals surface area contributed by atoms with Gasteiger partial charge in [0, 0.05) is 50.1 Å². The Kier molecular flexibility index (Phi) is 4.62. The maximum atomic E-state index is 13.4. The summed E-state index contributed by atoms with van der Waals surface area (Å²) in [4.78, 5) is 11.0. The monoisotopic (exact) mass is 337 g/mol. The van der Waals surface area contributed by atoms with Crippen LogP contribution in [0.15, 0.2) is 48.4 Å². The zero-order chi connectivity index (χ0) is 17.2. The van der Waals surface area contributed by atoms with Gasteiger partial charge in [-0.05, 0) is 24.0 Å². The quantitative estimate of drug-likeness (QED) is 0.819. The van der Waals surface area contributed by atoms with Gasteiger partial charge in [0.2, 0.25) is 0 Å². The third-order valence-electron chi connectivity index (χ3n) is 5.55. The molecule has 4 rings (SSSR count). The van der Waals surface area contributed by atoms with Crippen LogP contribution in [-0.2, 0) is 0 Å². The summed E-state index contributed by atoms with van der Waals surface area (Å²) >= 11 is 0. The van der Waals surface area contributed by atoms with Crippen molar-refractivity contribution < 1.29 is 4.39 Å². The lowest BCUT2D eigenvalue weighted by Crippen LogP contribution is -2.23. The van der Waals surface area contributed by atoms with Crippen LogP contribution in [0.25, 0.3) is 6.08 Å². The summed E-state index contributed by atoms with van der Waals surface area (Å²) in [5, 5.41) is 0. The van der Waals surface area contributed by atoms with Crippen LogP contribution in [0, 0.1) is 0 Å². The van der Waals surface area contributed by atoms with E-state index in [2.05, 4.69) is 52.1 Å². The number of hydrogen-bond acceptors (Lipinski definition) is 3. The molecule has 4 heteroatoms. The fourth-order valence-corrected chi connectivity index (χ4v) is 4.23. The molecule has 2 aromatic rings. The molecule has 0 radical (unpaired) electrons. The standard InChI is InChI=1S/C21H24FN3/c1-15(20-13-23-8-9-24-20)21-17(6-10-25-11-7-18(22)14-25)12-16-4-2-3-5-19(16)21/h2-5,8-9,12-13,15,18,21H,6-7,10-11,14H2,1H3. The van der Waals surface area contributed by atoms with Crippen molar-refractivity contribution in [3.8, 4) is 0 Å². The minimum absolute atomic E-state index is 0.274. The largest absolute Gasteiger partial charge is 0.300 e. The maximum absolute atomic E-state index is 13.4. The van der Waals surface area contributed by atoms with Crippen molar-refractivity contribution in [3.63, 3.8) is 0 Å². The van der Waals surface area contributed by atoms with Gasteiger partial charge in [0.15, 0.2) is 0 Å². The van der Waals surface area contributed by atoms with Gasteiger partial charge in [-0.15, -0.1) is 0 Å². The number of benzene rings is 1. The third kappa shape index (κ3) is 3.36. The van der Waals surface area contributed by atoms with Crippen LogP contribution < -0.4 is 0 Å². The van der Waals surface area contributed by atoms with E-state index in [1.807, 2.05) is 6.20 Å². The maximum Gasteiger partial charge on any atom is 0.114 e. The number of fused-ring (bicyclic) bond motifs is 1. The van der Waals surface area contributed by atoms with Gasteiger partial charge in [0.05, 0.1) is 5.69 Å². The van der Waals surface area contributed by atoms with Crippen molar-refractivity contribution in [3.05, 3.63) is 65.2 Å². The zero-order valence-corrected chi connectivity index (χ0v) is 14.6. The predicted molar refractivity (Wildman–Crippen MR) is 98.2 cm³/mol. The molecule has 0 N–H and O–H groups in total. The van der Waals surface area contributed by atoms with Crippen LogP contribution in [-0.4, -0.2) is 40.7 Å². The van der Waals surface area contributed by atoms with Crippen molar-refractivity contribution in [1.29, 1.82) is 0 Å². The second kappa shape index (κ2) is 7.04. The lowest BCUT2D eigenvalue weighted by molar-refractivity contribution is 0.289. The molecule has 130 valence electrons. The van der Waals surface area contributed by atoms with E-state index in [4.69, 9.17) is 0 Å². The molecule has 1 aromatic heterocycles. The van der Waals surface area contributed by atoms with E-state index in [9.17, 15) is 4.39 Å². The van der Waals surface area contributed by atoms with Gasteiger partial charge in [-0.1, -0.05) is 42.8 Å². The first-order valence-electron chi connectivity index (χ1n) is 9.14. The van der Waals surface area contributed by atoms with Gasteiger partial charge in [-0.3, -0.25) is 9.97 Å². The first-order chi connectivity index (χ1) is 12.2. The molecule has 1 fully saturated rings. The first-order valence-corrected chi connectivity index (χ1v) is 9.14. The van der Waals surface area contributed by atoms with Crippen molar-refractivity contribution >= 4 is 6.08 Å². The van der Waals surface area contributed by atoms with Gasteiger partial charge in [-0.25, -0.2) is 4.39 Å². The Morgan fingerprint density at radius 3 is 2.92 bits per heavy atom. The highest BCUT2D eigenvalue weighted by molar-refractivity contribution is 5.67. The van der Waals surface area contributed by atoms with Gasteiger partial charge in [-0.2, -0.15) is 0 Å². The SMILES string of the molecule is CC(c1cnccn1)C1C(CCN2CCC(F)C2)=Cc2ccccc21. The molecule has 0 bridgehead atoms. The van der Waals surface area contributed by atoms with Crippen LogP contribution >= 0.6 is 0 Å². The van der Waals surface area contributed by atoms with E-state index in [1.54, 1.807) is 12.4 Å². The summed E-state index contributed by atoms with van der Waals surface area (Å²) in [5.74, 6) is 0.604. The summed E-state index contributed by atoms with van der Waals surface area (Å²) in [7, 11) is 0. The van der Waals surface area contributed by atoms with Gasteiger partial charge >= 0.3 is 0 Å². The Morgan fingerprint density at radius 2 is 2.16 bits per heavy atom. The van der Waals surface area contributed by atoms with Crippen molar-refractivity contribution in [1.82, 2.24) is 14.9 Å². The summed E-state index contributed by atoms with van der Waals surface area (Å²) in [6, 6.07) is 8.62. The summed E-state index contributed by atoms with van der Waals surface area (Å²) in [5.41, 5.74) is 5.14. The molecule has 3 nitrogen and oxygen atoms in total. The van der Waals surface area contributed by atoms with Crippen molar-refractivity contribution in [2.24, 2.45) is 0 Å². The van der Waals surface area contributed by atoms with Gasteiger partial charge in [0.25, 0.3) is 0 Å².